The van der Waals surface area contributed by atoms with Crippen LogP contribution in [0.3, 0.4) is 0 Å². The summed E-state index contributed by atoms with van der Waals surface area (Å²) in [6.45, 7) is 9.91. The second-order valence-corrected chi connectivity index (χ2v) is 7.09. The van der Waals surface area contributed by atoms with E-state index >= 15 is 0 Å². The molecular formula is C17H31N3. The van der Waals surface area contributed by atoms with Gasteiger partial charge in [-0.25, -0.2) is 4.98 Å². The lowest BCUT2D eigenvalue weighted by Crippen LogP contribution is -2.12. The van der Waals surface area contributed by atoms with Gasteiger partial charge in [0.15, 0.2) is 0 Å². The number of rotatable bonds is 4. The molecule has 0 aliphatic heterocycles. The number of imidazole rings is 1. The predicted molar refractivity (Wildman–Crippen MR) is 86.0 cm³/mol. The highest BCUT2D eigenvalue weighted by atomic mass is 15.1. The van der Waals surface area contributed by atoms with Gasteiger partial charge in [0.25, 0.3) is 0 Å². The average Bonchev–Trinajstić information content (AvgIpc) is 2.57. The summed E-state index contributed by atoms with van der Waals surface area (Å²) in [6.07, 6.45) is 7.94. The zero-order chi connectivity index (χ0) is 14.7. The summed E-state index contributed by atoms with van der Waals surface area (Å²) in [6, 6.07) is 0. The van der Waals surface area contributed by atoms with Gasteiger partial charge >= 0.3 is 0 Å². The molecule has 0 spiro atoms. The number of hydrogen-bond acceptors (Lipinski definition) is 2. The molecule has 0 atom stereocenters. The smallest absolute Gasteiger partial charge is 0.127 e. The fraction of sp³-hybridized carbons (Fsp3) is 0.824. The predicted octanol–water partition coefficient (Wildman–Crippen LogP) is 4.68. The van der Waals surface area contributed by atoms with Crippen LogP contribution in [0, 0.1) is 5.92 Å². The van der Waals surface area contributed by atoms with Gasteiger partial charge in [0, 0.05) is 18.4 Å². The van der Waals surface area contributed by atoms with Crippen LogP contribution in [0.5, 0.6) is 0 Å². The first-order valence-electron chi connectivity index (χ1n) is 8.36. The molecule has 1 aromatic rings. The molecule has 3 heteroatoms. The third-order valence-corrected chi connectivity index (χ3v) is 4.37. The van der Waals surface area contributed by atoms with Crippen LogP contribution >= 0.6 is 0 Å². The number of nitrogens with two attached hydrogens (primary N) is 1. The average molecular weight is 277 g/mol. The van der Waals surface area contributed by atoms with Crippen LogP contribution in [-0.4, -0.2) is 9.55 Å². The molecule has 1 aromatic heterocycles. The quantitative estimate of drug-likeness (QED) is 0.812. The molecule has 1 aliphatic carbocycles. The number of hydrogen-bond donors (Lipinski definition) is 1. The van der Waals surface area contributed by atoms with Crippen molar-refractivity contribution in [2.24, 2.45) is 5.92 Å². The fourth-order valence-electron chi connectivity index (χ4n) is 3.35. The first kappa shape index (κ1) is 15.4. The summed E-state index contributed by atoms with van der Waals surface area (Å²) in [5.74, 6) is 3.75. The molecule has 20 heavy (non-hydrogen) atoms. The van der Waals surface area contributed by atoms with E-state index in [1.807, 2.05) is 0 Å². The van der Waals surface area contributed by atoms with Crippen molar-refractivity contribution < 1.29 is 0 Å². The molecule has 0 aromatic carbocycles. The van der Waals surface area contributed by atoms with E-state index in [0.717, 1.165) is 12.4 Å². The van der Waals surface area contributed by atoms with E-state index in [1.165, 1.54) is 50.0 Å². The first-order valence-corrected chi connectivity index (χ1v) is 8.36. The van der Waals surface area contributed by atoms with Crippen molar-refractivity contribution in [3.8, 4) is 0 Å². The van der Waals surface area contributed by atoms with E-state index < -0.39 is 0 Å². The minimum Gasteiger partial charge on any atom is -0.384 e. The van der Waals surface area contributed by atoms with E-state index in [9.17, 15) is 0 Å². The van der Waals surface area contributed by atoms with Crippen molar-refractivity contribution in [1.82, 2.24) is 9.55 Å². The lowest BCUT2D eigenvalue weighted by molar-refractivity contribution is 0.502. The summed E-state index contributed by atoms with van der Waals surface area (Å²) in [4.78, 5) is 4.97. The van der Waals surface area contributed by atoms with E-state index in [0.29, 0.717) is 17.8 Å². The maximum absolute atomic E-state index is 6.47. The summed E-state index contributed by atoms with van der Waals surface area (Å²) in [5, 5.41) is 0. The molecule has 1 saturated carbocycles. The zero-order valence-electron chi connectivity index (χ0n) is 13.7. The van der Waals surface area contributed by atoms with E-state index in [-0.39, 0.29) is 0 Å². The fourth-order valence-corrected chi connectivity index (χ4v) is 3.35. The highest BCUT2D eigenvalue weighted by Crippen LogP contribution is 2.35. The largest absolute Gasteiger partial charge is 0.384 e. The van der Waals surface area contributed by atoms with Crippen LogP contribution in [0.2, 0.25) is 0 Å². The Morgan fingerprint density at radius 3 is 2.20 bits per heavy atom. The maximum atomic E-state index is 6.47. The second kappa shape index (κ2) is 6.64. The number of nitrogen functional groups attached to an aromatic ring is 1. The molecule has 114 valence electrons. The number of aromatic nitrogens is 2. The molecule has 0 radical (unpaired) electrons. The van der Waals surface area contributed by atoms with Crippen molar-refractivity contribution in [1.29, 1.82) is 0 Å². The Labute approximate surface area is 124 Å². The summed E-state index contributed by atoms with van der Waals surface area (Å²) >= 11 is 0. The third-order valence-electron chi connectivity index (χ3n) is 4.37. The monoisotopic (exact) mass is 277 g/mol. The van der Waals surface area contributed by atoms with Crippen molar-refractivity contribution in [3.63, 3.8) is 0 Å². The summed E-state index contributed by atoms with van der Waals surface area (Å²) in [7, 11) is 0. The van der Waals surface area contributed by atoms with Gasteiger partial charge in [-0.15, -0.1) is 0 Å². The van der Waals surface area contributed by atoms with Crippen LogP contribution in [0.1, 0.15) is 89.6 Å². The SMILES string of the molecule is CC(C)Cn1c(C(C)C)nc(C2CCCCCC2)c1N. The van der Waals surface area contributed by atoms with Gasteiger partial charge in [0.1, 0.15) is 11.6 Å². The molecule has 1 heterocycles. The zero-order valence-corrected chi connectivity index (χ0v) is 13.7. The number of nitrogens with zero attached hydrogens (tertiary/aromatic N) is 2. The molecule has 3 nitrogen and oxygen atoms in total. The van der Waals surface area contributed by atoms with E-state index in [1.54, 1.807) is 0 Å². The minimum absolute atomic E-state index is 0.440. The van der Waals surface area contributed by atoms with Gasteiger partial charge in [0.05, 0.1) is 5.69 Å². The van der Waals surface area contributed by atoms with Crippen LogP contribution in [0.25, 0.3) is 0 Å². The molecule has 0 amide bonds. The molecule has 1 aliphatic rings. The highest BCUT2D eigenvalue weighted by molar-refractivity contribution is 5.41. The molecule has 0 saturated heterocycles. The van der Waals surface area contributed by atoms with Gasteiger partial charge < -0.3 is 10.3 Å². The molecular weight excluding hydrogens is 246 g/mol. The first-order chi connectivity index (χ1) is 9.50. The van der Waals surface area contributed by atoms with Crippen LogP contribution in [0.4, 0.5) is 5.82 Å². The Balaban J connectivity index is 2.32. The highest BCUT2D eigenvalue weighted by Gasteiger charge is 2.24. The van der Waals surface area contributed by atoms with E-state index in [4.69, 9.17) is 10.7 Å². The second-order valence-electron chi connectivity index (χ2n) is 7.09. The van der Waals surface area contributed by atoms with Crippen molar-refractivity contribution in [2.45, 2.75) is 84.6 Å². The van der Waals surface area contributed by atoms with E-state index in [2.05, 4.69) is 32.3 Å². The van der Waals surface area contributed by atoms with Crippen LogP contribution in [-0.2, 0) is 6.54 Å². The number of anilines is 1. The Kier molecular flexibility index (Phi) is 5.11. The van der Waals surface area contributed by atoms with Crippen molar-refractivity contribution >= 4 is 5.82 Å². The lowest BCUT2D eigenvalue weighted by atomic mass is 9.96. The topological polar surface area (TPSA) is 43.8 Å². The van der Waals surface area contributed by atoms with Gasteiger partial charge in [-0.2, -0.15) is 0 Å². The Morgan fingerprint density at radius 2 is 1.70 bits per heavy atom. The minimum atomic E-state index is 0.440. The maximum Gasteiger partial charge on any atom is 0.127 e. The van der Waals surface area contributed by atoms with Crippen LogP contribution in [0.15, 0.2) is 0 Å². The van der Waals surface area contributed by atoms with Gasteiger partial charge in [-0.3, -0.25) is 0 Å². The normalized spacial score (nSPS) is 17.9. The van der Waals surface area contributed by atoms with Crippen LogP contribution < -0.4 is 5.73 Å². The Hall–Kier alpha value is -0.990. The lowest BCUT2D eigenvalue weighted by Gasteiger charge is -2.15. The standard InChI is InChI=1S/C17H31N3/c1-12(2)11-20-16(18)15(19-17(20)13(3)4)14-9-7-5-6-8-10-14/h12-14H,5-11,18H2,1-4H3. The van der Waals surface area contributed by atoms with Gasteiger partial charge in [-0.05, 0) is 18.8 Å². The Morgan fingerprint density at radius 1 is 1.10 bits per heavy atom. The van der Waals surface area contributed by atoms with Crippen molar-refractivity contribution in [3.05, 3.63) is 11.5 Å². The van der Waals surface area contributed by atoms with Crippen molar-refractivity contribution in [2.75, 3.05) is 5.73 Å². The molecule has 1 fully saturated rings. The summed E-state index contributed by atoms with van der Waals surface area (Å²) < 4.78 is 2.27. The molecule has 2 rings (SSSR count). The van der Waals surface area contributed by atoms with Gasteiger partial charge in [0.2, 0.25) is 0 Å². The third kappa shape index (κ3) is 3.36. The Bertz CT molecular complexity index is 424. The molecule has 0 unspecified atom stereocenters. The summed E-state index contributed by atoms with van der Waals surface area (Å²) in [5.41, 5.74) is 7.66. The van der Waals surface area contributed by atoms with Gasteiger partial charge in [-0.1, -0.05) is 53.4 Å². The molecule has 0 bridgehead atoms. The molecule has 2 N–H and O–H groups in total.